The first kappa shape index (κ1) is 16.1. The molecular formula is C14H16Cl2N2O3. The second-order valence-electron chi connectivity index (χ2n) is 4.87. The summed E-state index contributed by atoms with van der Waals surface area (Å²) in [5.74, 6) is -1.52. The van der Waals surface area contributed by atoms with Gasteiger partial charge in [0.2, 0.25) is 0 Å². The summed E-state index contributed by atoms with van der Waals surface area (Å²) in [6, 6.07) is 4.58. The fourth-order valence-corrected chi connectivity index (χ4v) is 2.49. The minimum Gasteiger partial charge on any atom is -0.376 e. The Kier molecular flexibility index (Phi) is 5.45. The maximum atomic E-state index is 11.9. The van der Waals surface area contributed by atoms with E-state index in [1.54, 1.807) is 18.2 Å². The third kappa shape index (κ3) is 4.09. The lowest BCUT2D eigenvalue weighted by molar-refractivity contribution is -0.137. The summed E-state index contributed by atoms with van der Waals surface area (Å²) >= 11 is 11.8. The van der Waals surface area contributed by atoms with Gasteiger partial charge in [-0.15, -0.1) is 0 Å². The standard InChI is InChI=1S/C14H16Cl2N2O3/c1-8(11-6-3-7-21-11)17-13(19)14(20)18-10-5-2-4-9(15)12(10)16/h2,4-5,8,11H,3,6-7H2,1H3,(H,17,19)(H,18,20). The van der Waals surface area contributed by atoms with E-state index in [-0.39, 0.29) is 17.2 Å². The average molecular weight is 331 g/mol. The zero-order valence-corrected chi connectivity index (χ0v) is 13.0. The number of ether oxygens (including phenoxy) is 1. The Balaban J connectivity index is 1.93. The van der Waals surface area contributed by atoms with E-state index in [2.05, 4.69) is 10.6 Å². The molecule has 1 aliphatic rings. The number of nitrogens with one attached hydrogen (secondary N) is 2. The number of hydrogen-bond donors (Lipinski definition) is 2. The van der Waals surface area contributed by atoms with Crippen molar-refractivity contribution < 1.29 is 14.3 Å². The fourth-order valence-electron chi connectivity index (χ4n) is 2.14. The highest BCUT2D eigenvalue weighted by atomic mass is 35.5. The average Bonchev–Trinajstić information content (AvgIpc) is 2.98. The molecule has 1 saturated heterocycles. The van der Waals surface area contributed by atoms with Crippen molar-refractivity contribution in [2.75, 3.05) is 11.9 Å². The lowest BCUT2D eigenvalue weighted by atomic mass is 10.1. The van der Waals surface area contributed by atoms with Crippen LogP contribution in [-0.4, -0.2) is 30.6 Å². The molecule has 0 aliphatic carbocycles. The molecule has 0 aromatic heterocycles. The summed E-state index contributed by atoms with van der Waals surface area (Å²) in [7, 11) is 0. The van der Waals surface area contributed by atoms with E-state index >= 15 is 0 Å². The molecule has 114 valence electrons. The number of benzene rings is 1. The molecule has 1 aromatic carbocycles. The quantitative estimate of drug-likeness (QED) is 0.837. The summed E-state index contributed by atoms with van der Waals surface area (Å²) in [6.07, 6.45) is 1.80. The summed E-state index contributed by atoms with van der Waals surface area (Å²) in [5, 5.41) is 5.57. The number of amides is 2. The van der Waals surface area contributed by atoms with Gasteiger partial charge in [-0.2, -0.15) is 0 Å². The Morgan fingerprint density at radius 2 is 2.10 bits per heavy atom. The van der Waals surface area contributed by atoms with Gasteiger partial charge < -0.3 is 15.4 Å². The maximum Gasteiger partial charge on any atom is 0.313 e. The van der Waals surface area contributed by atoms with E-state index < -0.39 is 11.8 Å². The van der Waals surface area contributed by atoms with Crippen molar-refractivity contribution in [3.05, 3.63) is 28.2 Å². The van der Waals surface area contributed by atoms with Crippen LogP contribution in [0.25, 0.3) is 0 Å². The van der Waals surface area contributed by atoms with Crippen LogP contribution in [0.4, 0.5) is 5.69 Å². The van der Waals surface area contributed by atoms with Crippen molar-refractivity contribution in [3.8, 4) is 0 Å². The molecule has 7 heteroatoms. The van der Waals surface area contributed by atoms with Gasteiger partial charge in [0, 0.05) is 6.61 Å². The molecular weight excluding hydrogens is 315 g/mol. The van der Waals surface area contributed by atoms with Crippen LogP contribution in [-0.2, 0) is 14.3 Å². The van der Waals surface area contributed by atoms with Crippen molar-refractivity contribution >= 4 is 40.7 Å². The molecule has 21 heavy (non-hydrogen) atoms. The molecule has 2 amide bonds. The summed E-state index contributed by atoms with van der Waals surface area (Å²) < 4.78 is 5.46. The highest BCUT2D eigenvalue weighted by Gasteiger charge is 2.26. The van der Waals surface area contributed by atoms with Crippen LogP contribution in [0.5, 0.6) is 0 Å². The van der Waals surface area contributed by atoms with E-state index in [4.69, 9.17) is 27.9 Å². The van der Waals surface area contributed by atoms with Crippen LogP contribution in [0.3, 0.4) is 0 Å². The first-order valence-corrected chi connectivity index (χ1v) is 7.42. The van der Waals surface area contributed by atoms with Gasteiger partial charge in [-0.25, -0.2) is 0 Å². The Hall–Kier alpha value is -1.30. The Morgan fingerprint density at radius 3 is 2.76 bits per heavy atom. The van der Waals surface area contributed by atoms with E-state index in [1.165, 1.54) is 0 Å². The zero-order valence-electron chi connectivity index (χ0n) is 11.5. The van der Waals surface area contributed by atoms with Gasteiger partial charge in [0.25, 0.3) is 0 Å². The first-order valence-electron chi connectivity index (χ1n) is 6.66. The molecule has 1 aliphatic heterocycles. The van der Waals surface area contributed by atoms with Crippen LogP contribution < -0.4 is 10.6 Å². The number of anilines is 1. The van der Waals surface area contributed by atoms with Gasteiger partial charge in [0.15, 0.2) is 0 Å². The second-order valence-corrected chi connectivity index (χ2v) is 5.65. The predicted octanol–water partition coefficient (Wildman–Crippen LogP) is 2.62. The minimum atomic E-state index is -0.788. The van der Waals surface area contributed by atoms with E-state index in [0.29, 0.717) is 17.3 Å². The largest absolute Gasteiger partial charge is 0.376 e. The molecule has 5 nitrogen and oxygen atoms in total. The molecule has 2 atom stereocenters. The van der Waals surface area contributed by atoms with E-state index in [9.17, 15) is 9.59 Å². The first-order chi connectivity index (χ1) is 9.99. The second kappa shape index (κ2) is 7.11. The number of rotatable bonds is 3. The lowest BCUT2D eigenvalue weighted by Gasteiger charge is -2.19. The third-order valence-corrected chi connectivity index (χ3v) is 4.11. The van der Waals surface area contributed by atoms with Crippen LogP contribution in [0.1, 0.15) is 19.8 Å². The summed E-state index contributed by atoms with van der Waals surface area (Å²) in [4.78, 5) is 23.7. The van der Waals surface area contributed by atoms with Gasteiger partial charge in [0.1, 0.15) is 0 Å². The third-order valence-electron chi connectivity index (χ3n) is 3.29. The summed E-state index contributed by atoms with van der Waals surface area (Å²) in [5.41, 5.74) is 0.300. The summed E-state index contributed by atoms with van der Waals surface area (Å²) in [6.45, 7) is 2.50. The highest BCUT2D eigenvalue weighted by Crippen LogP contribution is 2.29. The Bertz CT molecular complexity index is 545. The highest BCUT2D eigenvalue weighted by molar-refractivity contribution is 6.45. The fraction of sp³-hybridized carbons (Fsp3) is 0.429. The van der Waals surface area contributed by atoms with Crippen molar-refractivity contribution in [2.24, 2.45) is 0 Å². The molecule has 0 bridgehead atoms. The monoisotopic (exact) mass is 330 g/mol. The van der Waals surface area contributed by atoms with Gasteiger partial charge >= 0.3 is 11.8 Å². The van der Waals surface area contributed by atoms with Crippen LogP contribution in [0, 0.1) is 0 Å². The van der Waals surface area contributed by atoms with Crippen LogP contribution >= 0.6 is 23.2 Å². The predicted molar refractivity (Wildman–Crippen MR) is 81.7 cm³/mol. The van der Waals surface area contributed by atoms with Gasteiger partial charge in [-0.3, -0.25) is 9.59 Å². The number of carbonyl (C=O) groups excluding carboxylic acids is 2. The number of carbonyl (C=O) groups is 2. The molecule has 0 saturated carbocycles. The Labute approximate surface area is 132 Å². The molecule has 2 rings (SSSR count). The molecule has 0 radical (unpaired) electrons. The van der Waals surface area contributed by atoms with E-state index in [0.717, 1.165) is 12.8 Å². The van der Waals surface area contributed by atoms with Gasteiger partial charge in [-0.05, 0) is 31.9 Å². The topological polar surface area (TPSA) is 67.4 Å². The zero-order chi connectivity index (χ0) is 15.4. The Morgan fingerprint density at radius 1 is 1.33 bits per heavy atom. The van der Waals surface area contributed by atoms with E-state index in [1.807, 2.05) is 6.92 Å². The molecule has 2 N–H and O–H groups in total. The number of halogens is 2. The molecule has 1 aromatic rings. The number of hydrogen-bond acceptors (Lipinski definition) is 3. The van der Waals surface area contributed by atoms with Crippen molar-refractivity contribution in [1.29, 1.82) is 0 Å². The minimum absolute atomic E-state index is 0.0449. The molecule has 1 heterocycles. The lowest BCUT2D eigenvalue weighted by Crippen LogP contribution is -2.45. The van der Waals surface area contributed by atoms with Crippen LogP contribution in [0.15, 0.2) is 18.2 Å². The maximum absolute atomic E-state index is 11.9. The van der Waals surface area contributed by atoms with Gasteiger partial charge in [-0.1, -0.05) is 29.3 Å². The van der Waals surface area contributed by atoms with Crippen LogP contribution in [0.2, 0.25) is 10.0 Å². The van der Waals surface area contributed by atoms with Crippen molar-refractivity contribution in [2.45, 2.75) is 31.9 Å². The normalized spacial score (nSPS) is 19.1. The molecule has 0 spiro atoms. The molecule has 1 fully saturated rings. The molecule has 2 unspecified atom stereocenters. The smallest absolute Gasteiger partial charge is 0.313 e. The van der Waals surface area contributed by atoms with Gasteiger partial charge in [0.05, 0.1) is 27.9 Å². The van der Waals surface area contributed by atoms with Crippen molar-refractivity contribution in [3.63, 3.8) is 0 Å². The van der Waals surface area contributed by atoms with Crippen molar-refractivity contribution in [1.82, 2.24) is 5.32 Å². The SMILES string of the molecule is CC(NC(=O)C(=O)Nc1cccc(Cl)c1Cl)C1CCCO1.